The molecule has 1 saturated carbocycles. The molecule has 2 bridgehead atoms. The number of aromatic nitrogens is 3. The fourth-order valence-corrected chi connectivity index (χ4v) is 4.57. The molecule has 3 aliphatic rings. The van der Waals surface area contributed by atoms with Crippen LogP contribution in [0.1, 0.15) is 40.7 Å². The molecular weight excluding hydrogens is 380 g/mol. The average Bonchev–Trinajstić information content (AvgIpc) is 3.30. The first-order chi connectivity index (χ1) is 14.6. The number of oxazole rings is 1. The smallest absolute Gasteiger partial charge is 0.256 e. The van der Waals surface area contributed by atoms with E-state index in [-0.39, 0.29) is 18.1 Å². The van der Waals surface area contributed by atoms with Gasteiger partial charge in [-0.1, -0.05) is 6.07 Å². The van der Waals surface area contributed by atoms with E-state index in [1.165, 1.54) is 6.26 Å². The van der Waals surface area contributed by atoms with Gasteiger partial charge in [-0.15, -0.1) is 0 Å². The molecule has 2 aliphatic heterocycles. The van der Waals surface area contributed by atoms with Crippen molar-refractivity contribution in [3.8, 4) is 17.5 Å². The number of hydrogen-bond acceptors (Lipinski definition) is 6. The first-order valence-corrected chi connectivity index (χ1v) is 10.4. The van der Waals surface area contributed by atoms with Crippen LogP contribution in [-0.2, 0) is 0 Å². The molecule has 7 heteroatoms. The quantitative estimate of drug-likeness (QED) is 0.658. The summed E-state index contributed by atoms with van der Waals surface area (Å²) in [5.74, 6) is 1.36. The lowest BCUT2D eigenvalue weighted by atomic mass is 9.77. The molecule has 1 amide bonds. The number of nitrogens with zero attached hydrogens (tertiary/aromatic N) is 4. The highest BCUT2D eigenvalue weighted by atomic mass is 16.5. The van der Waals surface area contributed by atoms with E-state index >= 15 is 0 Å². The van der Waals surface area contributed by atoms with Crippen molar-refractivity contribution in [3.05, 3.63) is 59.7 Å². The molecule has 6 rings (SSSR count). The fraction of sp³-hybridized carbons (Fsp3) is 0.391. The Bertz CT molecular complexity index is 1050. The molecular formula is C23H24N4O3. The summed E-state index contributed by atoms with van der Waals surface area (Å²) in [6, 6.07) is 5.78. The maximum atomic E-state index is 13.6. The zero-order valence-electron chi connectivity index (χ0n) is 17.1. The van der Waals surface area contributed by atoms with Crippen LogP contribution in [-0.4, -0.2) is 44.4 Å². The van der Waals surface area contributed by atoms with E-state index in [1.54, 1.807) is 18.6 Å². The summed E-state index contributed by atoms with van der Waals surface area (Å²) in [6.07, 6.45) is 9.53. The first-order valence-electron chi connectivity index (χ1n) is 10.4. The van der Waals surface area contributed by atoms with Gasteiger partial charge in [-0.05, 0) is 56.2 Å². The molecule has 30 heavy (non-hydrogen) atoms. The molecule has 7 nitrogen and oxygen atoms in total. The number of carbonyl (C=O) groups is 1. The van der Waals surface area contributed by atoms with Gasteiger partial charge < -0.3 is 14.1 Å². The number of amides is 1. The fourth-order valence-electron chi connectivity index (χ4n) is 4.57. The molecule has 3 unspecified atom stereocenters. The Balaban J connectivity index is 1.44. The van der Waals surface area contributed by atoms with E-state index in [0.717, 1.165) is 36.9 Å². The first kappa shape index (κ1) is 18.8. The minimum absolute atomic E-state index is 0.0172. The van der Waals surface area contributed by atoms with Gasteiger partial charge >= 0.3 is 0 Å². The largest absolute Gasteiger partial charge is 0.472 e. The van der Waals surface area contributed by atoms with Crippen LogP contribution in [0.2, 0.25) is 0 Å². The van der Waals surface area contributed by atoms with Crippen LogP contribution < -0.4 is 4.74 Å². The van der Waals surface area contributed by atoms with Crippen LogP contribution in [0.15, 0.2) is 47.5 Å². The molecule has 0 spiro atoms. The van der Waals surface area contributed by atoms with Gasteiger partial charge in [0.25, 0.3) is 5.91 Å². The van der Waals surface area contributed by atoms with E-state index in [9.17, 15) is 4.79 Å². The van der Waals surface area contributed by atoms with Crippen molar-refractivity contribution in [2.24, 2.45) is 5.92 Å². The second-order valence-electron chi connectivity index (χ2n) is 8.28. The summed E-state index contributed by atoms with van der Waals surface area (Å²) in [7, 11) is 0. The van der Waals surface area contributed by atoms with E-state index in [4.69, 9.17) is 9.15 Å². The third kappa shape index (κ3) is 3.44. The van der Waals surface area contributed by atoms with E-state index in [0.29, 0.717) is 28.9 Å². The average molecular weight is 404 g/mol. The maximum Gasteiger partial charge on any atom is 0.256 e. The van der Waals surface area contributed by atoms with Crippen molar-refractivity contribution in [2.45, 2.75) is 45.3 Å². The molecule has 1 aliphatic carbocycles. The van der Waals surface area contributed by atoms with Crippen molar-refractivity contribution in [3.63, 3.8) is 0 Å². The zero-order valence-corrected chi connectivity index (χ0v) is 17.1. The summed E-state index contributed by atoms with van der Waals surface area (Å²) >= 11 is 0. The Hall–Kier alpha value is -3.22. The lowest BCUT2D eigenvalue weighted by Gasteiger charge is -2.49. The van der Waals surface area contributed by atoms with Gasteiger partial charge in [0.15, 0.2) is 0 Å². The topological polar surface area (TPSA) is 81.4 Å². The van der Waals surface area contributed by atoms with Crippen LogP contribution in [0, 0.1) is 19.8 Å². The number of rotatable bonds is 4. The molecule has 3 aromatic rings. The number of piperidine rings is 2. The van der Waals surface area contributed by atoms with Crippen LogP contribution in [0.25, 0.3) is 11.6 Å². The molecule has 0 N–H and O–H groups in total. The monoisotopic (exact) mass is 404 g/mol. The minimum atomic E-state index is -0.0559. The predicted octanol–water partition coefficient (Wildman–Crippen LogP) is 3.82. The van der Waals surface area contributed by atoms with Crippen molar-refractivity contribution in [2.75, 3.05) is 6.54 Å². The normalized spacial score (nSPS) is 22.9. The third-order valence-electron chi connectivity index (χ3n) is 6.03. The Morgan fingerprint density at radius 3 is 2.73 bits per heavy atom. The molecule has 154 valence electrons. The number of ether oxygens (including phenoxy) is 1. The number of aryl methyl sites for hydroxylation is 2. The third-order valence-corrected chi connectivity index (χ3v) is 6.03. The Kier molecular flexibility index (Phi) is 4.73. The molecule has 0 aromatic carbocycles. The molecule has 3 aromatic heterocycles. The Morgan fingerprint density at radius 2 is 2.00 bits per heavy atom. The zero-order chi connectivity index (χ0) is 20.7. The summed E-state index contributed by atoms with van der Waals surface area (Å²) in [5, 5.41) is 0. The highest BCUT2D eigenvalue weighted by Gasteiger charge is 2.45. The van der Waals surface area contributed by atoms with Gasteiger partial charge in [0, 0.05) is 25.0 Å². The van der Waals surface area contributed by atoms with Crippen molar-refractivity contribution >= 4 is 5.91 Å². The van der Waals surface area contributed by atoms with Crippen molar-refractivity contribution < 1.29 is 13.9 Å². The van der Waals surface area contributed by atoms with Gasteiger partial charge in [0.2, 0.25) is 11.8 Å². The van der Waals surface area contributed by atoms with Gasteiger partial charge in [-0.2, -0.15) is 0 Å². The van der Waals surface area contributed by atoms with E-state index in [1.807, 2.05) is 36.9 Å². The van der Waals surface area contributed by atoms with Crippen LogP contribution in [0.4, 0.5) is 0 Å². The highest BCUT2D eigenvalue weighted by molar-refractivity contribution is 5.99. The molecule has 5 heterocycles. The Labute approximate surface area is 175 Å². The molecule has 3 atom stereocenters. The summed E-state index contributed by atoms with van der Waals surface area (Å²) in [6.45, 7) is 4.67. The molecule has 2 saturated heterocycles. The minimum Gasteiger partial charge on any atom is -0.472 e. The van der Waals surface area contributed by atoms with Crippen molar-refractivity contribution in [1.29, 1.82) is 0 Å². The van der Waals surface area contributed by atoms with Crippen LogP contribution in [0.3, 0.4) is 0 Å². The van der Waals surface area contributed by atoms with Gasteiger partial charge in [0.05, 0.1) is 17.8 Å². The maximum absolute atomic E-state index is 13.6. The van der Waals surface area contributed by atoms with E-state index < -0.39 is 0 Å². The second-order valence-corrected chi connectivity index (χ2v) is 8.28. The molecule has 3 fully saturated rings. The second kappa shape index (κ2) is 7.55. The number of pyridine rings is 2. The Morgan fingerprint density at radius 1 is 1.13 bits per heavy atom. The molecule has 0 radical (unpaired) electrons. The lowest BCUT2D eigenvalue weighted by molar-refractivity contribution is -0.0313. The summed E-state index contributed by atoms with van der Waals surface area (Å²) < 4.78 is 11.7. The van der Waals surface area contributed by atoms with Crippen LogP contribution in [0.5, 0.6) is 5.88 Å². The van der Waals surface area contributed by atoms with Gasteiger partial charge in [0.1, 0.15) is 18.1 Å². The van der Waals surface area contributed by atoms with Gasteiger partial charge in [-0.3, -0.25) is 9.78 Å². The van der Waals surface area contributed by atoms with Crippen LogP contribution >= 0.6 is 0 Å². The SMILES string of the molecule is Cc1ccc(OC2CC3CCC2N(C(=O)c2cc(C)cnc2-c2ncco2)C3)nc1. The van der Waals surface area contributed by atoms with Gasteiger partial charge in [-0.25, -0.2) is 9.97 Å². The highest BCUT2D eigenvalue weighted by Crippen LogP contribution is 2.38. The van der Waals surface area contributed by atoms with E-state index in [2.05, 4.69) is 15.0 Å². The lowest BCUT2D eigenvalue weighted by Crippen LogP contribution is -2.59. The van der Waals surface area contributed by atoms with Crippen molar-refractivity contribution in [1.82, 2.24) is 19.9 Å². The standard InChI is InChI=1S/C23H24N4O3/c1-14-3-6-20(25-11-14)30-19-10-16-4-5-18(19)27(13-16)23(28)17-9-15(2)12-26-21(17)22-24-7-8-29-22/h3,6-9,11-12,16,18-19H,4-5,10,13H2,1-2H3. The number of hydrogen-bond donors (Lipinski definition) is 0. The number of fused-ring (bicyclic) bond motifs is 3. The number of carbonyl (C=O) groups excluding carboxylic acids is 1. The predicted molar refractivity (Wildman–Crippen MR) is 110 cm³/mol. The summed E-state index contributed by atoms with van der Waals surface area (Å²) in [5.41, 5.74) is 3.02. The summed E-state index contributed by atoms with van der Waals surface area (Å²) in [4.78, 5) is 28.6.